The average Bonchev–Trinajstić information content (AvgIpc) is 2.68. The van der Waals surface area contributed by atoms with Crippen molar-refractivity contribution in [1.29, 1.82) is 0 Å². The second kappa shape index (κ2) is 5.14. The molecule has 1 rings (SSSR count). The molecule has 3 N–H and O–H groups in total. The van der Waals surface area contributed by atoms with Crippen molar-refractivity contribution in [3.05, 3.63) is 18.0 Å². The summed E-state index contributed by atoms with van der Waals surface area (Å²) in [5.41, 5.74) is 0.332. The molecule has 0 aromatic carbocycles. The fourth-order valence-corrected chi connectivity index (χ4v) is 1.15. The Morgan fingerprint density at radius 1 is 1.67 bits per heavy atom. The average molecular weight is 211 g/mol. The van der Waals surface area contributed by atoms with E-state index in [0.29, 0.717) is 12.1 Å². The number of aromatic amines is 1. The van der Waals surface area contributed by atoms with E-state index in [9.17, 15) is 9.59 Å². The van der Waals surface area contributed by atoms with Gasteiger partial charge in [0.2, 0.25) is 0 Å². The molecule has 0 saturated heterocycles. The van der Waals surface area contributed by atoms with Gasteiger partial charge in [-0.3, -0.25) is 14.7 Å². The van der Waals surface area contributed by atoms with E-state index < -0.39 is 5.97 Å². The predicted octanol–water partition coefficient (Wildman–Crippen LogP) is 0.393. The maximum Gasteiger partial charge on any atom is 0.305 e. The molecule has 82 valence electrons. The van der Waals surface area contributed by atoms with E-state index in [1.54, 1.807) is 0 Å². The molecule has 1 amide bonds. The van der Waals surface area contributed by atoms with Crippen LogP contribution >= 0.6 is 0 Å². The van der Waals surface area contributed by atoms with Crippen molar-refractivity contribution >= 4 is 11.9 Å². The lowest BCUT2D eigenvalue weighted by Crippen LogP contribution is -2.36. The zero-order valence-electron chi connectivity index (χ0n) is 8.36. The van der Waals surface area contributed by atoms with Gasteiger partial charge in [0.15, 0.2) is 0 Å². The molecule has 0 aliphatic heterocycles. The number of carboxylic acid groups (broad SMARTS) is 1. The minimum Gasteiger partial charge on any atom is -0.481 e. The van der Waals surface area contributed by atoms with Crippen molar-refractivity contribution in [3.8, 4) is 0 Å². The summed E-state index contributed by atoms with van der Waals surface area (Å²) in [7, 11) is 0. The van der Waals surface area contributed by atoms with E-state index in [1.165, 1.54) is 12.3 Å². The van der Waals surface area contributed by atoms with Gasteiger partial charge in [0.05, 0.1) is 6.42 Å². The van der Waals surface area contributed by atoms with E-state index >= 15 is 0 Å². The van der Waals surface area contributed by atoms with Crippen LogP contribution in [0.25, 0.3) is 0 Å². The van der Waals surface area contributed by atoms with Gasteiger partial charge in [0.1, 0.15) is 5.69 Å². The molecule has 0 radical (unpaired) electrons. The number of nitrogens with one attached hydrogen (secondary N) is 2. The largest absolute Gasteiger partial charge is 0.481 e. The summed E-state index contributed by atoms with van der Waals surface area (Å²) in [5.74, 6) is -1.26. The fraction of sp³-hybridized carbons (Fsp3) is 0.444. The minimum absolute atomic E-state index is 0.0730. The first-order chi connectivity index (χ1) is 7.13. The number of rotatable bonds is 5. The molecular weight excluding hydrogens is 198 g/mol. The van der Waals surface area contributed by atoms with Crippen molar-refractivity contribution in [2.24, 2.45) is 0 Å². The van der Waals surface area contributed by atoms with E-state index in [-0.39, 0.29) is 18.4 Å². The number of carbonyl (C=O) groups excluding carboxylic acids is 1. The highest BCUT2D eigenvalue weighted by molar-refractivity contribution is 5.92. The summed E-state index contributed by atoms with van der Waals surface area (Å²) in [4.78, 5) is 21.9. The molecule has 6 nitrogen and oxygen atoms in total. The third kappa shape index (κ3) is 3.41. The predicted molar refractivity (Wildman–Crippen MR) is 52.4 cm³/mol. The van der Waals surface area contributed by atoms with Crippen molar-refractivity contribution in [2.45, 2.75) is 25.8 Å². The van der Waals surface area contributed by atoms with Gasteiger partial charge in [-0.15, -0.1) is 0 Å². The van der Waals surface area contributed by atoms with E-state index in [2.05, 4.69) is 15.5 Å². The van der Waals surface area contributed by atoms with Crippen molar-refractivity contribution in [2.75, 3.05) is 0 Å². The fourth-order valence-electron chi connectivity index (χ4n) is 1.15. The zero-order chi connectivity index (χ0) is 11.3. The summed E-state index contributed by atoms with van der Waals surface area (Å²) < 4.78 is 0. The van der Waals surface area contributed by atoms with Crippen molar-refractivity contribution in [1.82, 2.24) is 15.5 Å². The lowest BCUT2D eigenvalue weighted by molar-refractivity contribution is -0.137. The van der Waals surface area contributed by atoms with Crippen LogP contribution in [-0.4, -0.2) is 33.2 Å². The highest BCUT2D eigenvalue weighted by atomic mass is 16.4. The molecule has 1 aromatic heterocycles. The smallest absolute Gasteiger partial charge is 0.305 e. The number of nitrogens with zero attached hydrogens (tertiary/aromatic N) is 1. The third-order valence-corrected chi connectivity index (χ3v) is 1.99. The topological polar surface area (TPSA) is 95.1 Å². The molecule has 1 atom stereocenters. The Morgan fingerprint density at radius 2 is 2.40 bits per heavy atom. The molecule has 6 heteroatoms. The molecular formula is C9H13N3O3. The second-order valence-electron chi connectivity index (χ2n) is 3.15. The maximum atomic E-state index is 11.5. The third-order valence-electron chi connectivity index (χ3n) is 1.99. The number of carbonyl (C=O) groups is 2. The molecule has 15 heavy (non-hydrogen) atoms. The Balaban J connectivity index is 2.52. The molecule has 0 fully saturated rings. The molecule has 0 aliphatic rings. The summed E-state index contributed by atoms with van der Waals surface area (Å²) in [6.45, 7) is 1.82. The summed E-state index contributed by atoms with van der Waals surface area (Å²) in [6, 6.07) is 1.18. The van der Waals surface area contributed by atoms with Crippen LogP contribution in [0.1, 0.15) is 30.3 Å². The van der Waals surface area contributed by atoms with Gasteiger partial charge in [-0.25, -0.2) is 0 Å². The van der Waals surface area contributed by atoms with Gasteiger partial charge in [-0.2, -0.15) is 5.10 Å². The number of hydrogen-bond acceptors (Lipinski definition) is 3. The summed E-state index contributed by atoms with van der Waals surface area (Å²) >= 11 is 0. The first-order valence-corrected chi connectivity index (χ1v) is 4.65. The number of hydrogen-bond donors (Lipinski definition) is 3. The minimum atomic E-state index is -0.924. The van der Waals surface area contributed by atoms with E-state index in [1.807, 2.05) is 6.92 Å². The van der Waals surface area contributed by atoms with Crippen molar-refractivity contribution < 1.29 is 14.7 Å². The molecule has 1 unspecified atom stereocenters. The summed E-state index contributed by atoms with van der Waals surface area (Å²) in [6.07, 6.45) is 1.97. The van der Waals surface area contributed by atoms with E-state index in [4.69, 9.17) is 5.11 Å². The Kier molecular flexibility index (Phi) is 3.84. The first kappa shape index (κ1) is 11.2. The highest BCUT2D eigenvalue weighted by Crippen LogP contribution is 2.00. The number of H-pyrrole nitrogens is 1. The number of carboxylic acids is 1. The molecule has 0 saturated carbocycles. The Labute approximate surface area is 86.7 Å². The quantitative estimate of drug-likeness (QED) is 0.656. The molecule has 1 aromatic rings. The lowest BCUT2D eigenvalue weighted by atomic mass is 10.1. The van der Waals surface area contributed by atoms with Crippen LogP contribution in [0.3, 0.4) is 0 Å². The molecule has 0 spiro atoms. The number of aromatic nitrogens is 2. The summed E-state index contributed by atoms with van der Waals surface area (Å²) in [5, 5.41) is 17.3. The lowest BCUT2D eigenvalue weighted by Gasteiger charge is -2.13. The Bertz CT molecular complexity index is 334. The van der Waals surface area contributed by atoms with Crippen LogP contribution in [0.2, 0.25) is 0 Å². The first-order valence-electron chi connectivity index (χ1n) is 4.65. The van der Waals surface area contributed by atoms with Gasteiger partial charge in [0, 0.05) is 12.2 Å². The van der Waals surface area contributed by atoms with Crippen LogP contribution < -0.4 is 5.32 Å². The normalized spacial score (nSPS) is 12.1. The Hall–Kier alpha value is -1.85. The number of aliphatic carboxylic acids is 1. The van der Waals surface area contributed by atoms with Gasteiger partial charge >= 0.3 is 5.97 Å². The van der Waals surface area contributed by atoms with Gasteiger partial charge in [-0.05, 0) is 12.5 Å². The van der Waals surface area contributed by atoms with Gasteiger partial charge in [-0.1, -0.05) is 6.92 Å². The van der Waals surface area contributed by atoms with Gasteiger partial charge < -0.3 is 10.4 Å². The number of amides is 1. The zero-order valence-corrected chi connectivity index (χ0v) is 8.36. The monoisotopic (exact) mass is 211 g/mol. The van der Waals surface area contributed by atoms with Gasteiger partial charge in [0.25, 0.3) is 5.91 Å². The van der Waals surface area contributed by atoms with Crippen LogP contribution in [0.4, 0.5) is 0 Å². The van der Waals surface area contributed by atoms with Crippen LogP contribution in [0.5, 0.6) is 0 Å². The molecule has 0 bridgehead atoms. The van der Waals surface area contributed by atoms with Crippen molar-refractivity contribution in [3.63, 3.8) is 0 Å². The maximum absolute atomic E-state index is 11.5. The van der Waals surface area contributed by atoms with Crippen LogP contribution in [0.15, 0.2) is 12.3 Å². The second-order valence-corrected chi connectivity index (χ2v) is 3.15. The van der Waals surface area contributed by atoms with Crippen LogP contribution in [0, 0.1) is 0 Å². The molecule has 1 heterocycles. The van der Waals surface area contributed by atoms with E-state index in [0.717, 1.165) is 0 Å². The Morgan fingerprint density at radius 3 is 2.87 bits per heavy atom. The highest BCUT2D eigenvalue weighted by Gasteiger charge is 2.15. The van der Waals surface area contributed by atoms with Crippen LogP contribution in [-0.2, 0) is 4.79 Å². The standard InChI is InChI=1S/C9H13N3O3/c1-2-6(5-8(13)14)11-9(15)7-3-4-10-12-7/h3-4,6H,2,5H2,1H3,(H,10,12)(H,11,15)(H,13,14). The molecule has 0 aliphatic carbocycles. The SMILES string of the molecule is CCC(CC(=O)O)NC(=O)c1ccn[nH]1.